The molecule has 1 heterocycles. The number of carbonyl (C=O) groups excluding carboxylic acids is 1. The van der Waals surface area contributed by atoms with Crippen molar-refractivity contribution in [1.82, 2.24) is 0 Å². The number of ketones is 1. The Balaban J connectivity index is 1.36. The number of carbonyl (C=O) groups is 1. The molecule has 0 radical (unpaired) electrons. The molecule has 0 unspecified atom stereocenters. The minimum atomic E-state index is -2.64. The molecule has 0 bridgehead atoms. The average molecular weight is 515 g/mol. The van der Waals surface area contributed by atoms with Crippen molar-refractivity contribution >= 4 is 24.5 Å². The number of ether oxygens (including phenoxy) is 2. The third kappa shape index (κ3) is 5.10. The van der Waals surface area contributed by atoms with Crippen molar-refractivity contribution in [1.29, 1.82) is 0 Å². The third-order valence-electron chi connectivity index (χ3n) is 8.06. The van der Waals surface area contributed by atoms with Gasteiger partial charge in [0.05, 0.1) is 19.3 Å². The molecule has 5 atom stereocenters. The molecule has 0 amide bonds. The molecule has 0 N–H and O–H groups in total. The first-order chi connectivity index (χ1) is 17.8. The minimum Gasteiger partial charge on any atom is -0.407 e. The zero-order chi connectivity index (χ0) is 26.0. The normalized spacial score (nSPS) is 24.1. The molecule has 3 aromatic carbocycles. The fourth-order valence-corrected chi connectivity index (χ4v) is 10.9. The fraction of sp³-hybridized carbons (Fsp3) is 0.406. The molecular weight excluding hydrogens is 476 g/mol. The van der Waals surface area contributed by atoms with Gasteiger partial charge < -0.3 is 13.9 Å². The van der Waals surface area contributed by atoms with Crippen LogP contribution in [0, 0.1) is 17.8 Å². The van der Waals surface area contributed by atoms with Crippen LogP contribution in [0.15, 0.2) is 91.0 Å². The zero-order valence-corrected chi connectivity index (χ0v) is 23.3. The van der Waals surface area contributed by atoms with Crippen LogP contribution < -0.4 is 10.4 Å². The van der Waals surface area contributed by atoms with Gasteiger partial charge in [0, 0.05) is 18.4 Å². The third-order valence-corrected chi connectivity index (χ3v) is 13.1. The van der Waals surface area contributed by atoms with Gasteiger partial charge in [-0.2, -0.15) is 0 Å². The highest BCUT2D eigenvalue weighted by Gasteiger charge is 2.63. The van der Waals surface area contributed by atoms with Gasteiger partial charge in [0.25, 0.3) is 8.32 Å². The van der Waals surface area contributed by atoms with Gasteiger partial charge in [0.1, 0.15) is 6.10 Å². The van der Waals surface area contributed by atoms with Gasteiger partial charge in [-0.3, -0.25) is 4.79 Å². The van der Waals surface area contributed by atoms with Crippen molar-refractivity contribution in [2.24, 2.45) is 17.8 Å². The van der Waals surface area contributed by atoms with Crippen LogP contribution in [0.1, 0.15) is 33.3 Å². The van der Waals surface area contributed by atoms with E-state index in [1.807, 2.05) is 18.2 Å². The molecule has 2 aliphatic rings. The van der Waals surface area contributed by atoms with Gasteiger partial charge >= 0.3 is 0 Å². The van der Waals surface area contributed by atoms with Gasteiger partial charge in [-0.1, -0.05) is 119 Å². The lowest BCUT2D eigenvalue weighted by molar-refractivity contribution is -0.128. The van der Waals surface area contributed by atoms with Crippen LogP contribution in [0.3, 0.4) is 0 Å². The molecule has 0 spiro atoms. The van der Waals surface area contributed by atoms with Crippen molar-refractivity contribution in [2.45, 2.75) is 51.5 Å². The van der Waals surface area contributed by atoms with E-state index in [0.29, 0.717) is 19.8 Å². The van der Waals surface area contributed by atoms with E-state index in [0.717, 1.165) is 5.56 Å². The molecule has 1 saturated carbocycles. The van der Waals surface area contributed by atoms with Crippen molar-refractivity contribution in [3.63, 3.8) is 0 Å². The lowest BCUT2D eigenvalue weighted by Crippen LogP contribution is -2.67. The van der Waals surface area contributed by atoms with Crippen LogP contribution in [-0.4, -0.2) is 39.5 Å². The van der Waals surface area contributed by atoms with E-state index < -0.39 is 8.32 Å². The number of epoxide rings is 1. The molecular formula is C32H38O4Si. The van der Waals surface area contributed by atoms with Crippen molar-refractivity contribution in [2.75, 3.05) is 13.2 Å². The highest BCUT2D eigenvalue weighted by Crippen LogP contribution is 2.48. The predicted octanol–water partition coefficient (Wildman–Crippen LogP) is 5.00. The van der Waals surface area contributed by atoms with Crippen LogP contribution in [0.25, 0.3) is 0 Å². The van der Waals surface area contributed by atoms with E-state index in [1.54, 1.807) is 0 Å². The minimum absolute atomic E-state index is 0.00409. The summed E-state index contributed by atoms with van der Waals surface area (Å²) < 4.78 is 19.1. The van der Waals surface area contributed by atoms with Gasteiger partial charge in [-0.15, -0.1) is 0 Å². The summed E-state index contributed by atoms with van der Waals surface area (Å²) in [5.41, 5.74) is 1.12. The molecule has 194 valence electrons. The van der Waals surface area contributed by atoms with Gasteiger partial charge in [0.15, 0.2) is 5.78 Å². The number of benzene rings is 3. The topological polar surface area (TPSA) is 48.1 Å². The van der Waals surface area contributed by atoms with Crippen molar-refractivity contribution in [3.8, 4) is 0 Å². The second-order valence-electron chi connectivity index (χ2n) is 11.6. The molecule has 5 heteroatoms. The lowest BCUT2D eigenvalue weighted by Gasteiger charge is -2.44. The van der Waals surface area contributed by atoms with Crippen molar-refractivity contribution < 1.29 is 18.7 Å². The SMILES string of the molecule is C[C@@H](CO[Si](c1ccccc1)(c1ccccc1)C(C)(C)C)[C@@H]1[C@H]2O[C@H]2C(=O)[C@H]1COCc1ccccc1. The smallest absolute Gasteiger partial charge is 0.261 e. The summed E-state index contributed by atoms with van der Waals surface area (Å²) in [5.74, 6) is 0.311. The van der Waals surface area contributed by atoms with Crippen LogP contribution in [-0.2, 0) is 25.3 Å². The maximum atomic E-state index is 13.1. The summed E-state index contributed by atoms with van der Waals surface area (Å²) >= 11 is 0. The van der Waals surface area contributed by atoms with Crippen LogP contribution in [0.2, 0.25) is 5.04 Å². The van der Waals surface area contributed by atoms with E-state index in [4.69, 9.17) is 13.9 Å². The molecule has 37 heavy (non-hydrogen) atoms. The maximum absolute atomic E-state index is 13.1. The Morgan fingerprint density at radius 2 is 1.41 bits per heavy atom. The van der Waals surface area contributed by atoms with Gasteiger partial charge in [-0.25, -0.2) is 0 Å². The first-order valence-corrected chi connectivity index (χ1v) is 15.3. The highest BCUT2D eigenvalue weighted by atomic mass is 28.4. The number of Topliss-reactive ketones (excluding diaryl/α,β-unsaturated/α-hetero) is 1. The monoisotopic (exact) mass is 514 g/mol. The van der Waals surface area contributed by atoms with E-state index >= 15 is 0 Å². The Morgan fingerprint density at radius 3 is 1.95 bits per heavy atom. The van der Waals surface area contributed by atoms with E-state index in [-0.39, 0.29) is 40.8 Å². The summed E-state index contributed by atoms with van der Waals surface area (Å²) in [5, 5.41) is 2.45. The summed E-state index contributed by atoms with van der Waals surface area (Å²) in [6.07, 6.45) is -0.263. The Labute approximate surface area is 222 Å². The van der Waals surface area contributed by atoms with Crippen LogP contribution in [0.4, 0.5) is 0 Å². The number of fused-ring (bicyclic) bond motifs is 1. The lowest BCUT2D eigenvalue weighted by atomic mass is 9.84. The number of hydrogen-bond donors (Lipinski definition) is 0. The first-order valence-electron chi connectivity index (χ1n) is 13.4. The number of rotatable bonds is 10. The van der Waals surface area contributed by atoms with E-state index in [9.17, 15) is 4.79 Å². The molecule has 2 fully saturated rings. The zero-order valence-electron chi connectivity index (χ0n) is 22.3. The van der Waals surface area contributed by atoms with Crippen LogP contribution in [0.5, 0.6) is 0 Å². The summed E-state index contributed by atoms with van der Waals surface area (Å²) in [6, 6.07) is 31.5. The number of hydrogen-bond acceptors (Lipinski definition) is 4. The summed E-state index contributed by atoms with van der Waals surface area (Å²) in [6.45, 7) is 10.6. The Kier molecular flexibility index (Phi) is 7.50. The quantitative estimate of drug-likeness (QED) is 0.282. The molecule has 1 saturated heterocycles. The summed E-state index contributed by atoms with van der Waals surface area (Å²) in [7, 11) is -2.64. The average Bonchev–Trinajstić information content (AvgIpc) is 3.64. The molecule has 5 rings (SSSR count). The highest BCUT2D eigenvalue weighted by molar-refractivity contribution is 6.99. The molecule has 0 aromatic heterocycles. The Morgan fingerprint density at radius 1 is 0.865 bits per heavy atom. The molecule has 1 aliphatic heterocycles. The van der Waals surface area contributed by atoms with Gasteiger partial charge in [0.2, 0.25) is 0 Å². The van der Waals surface area contributed by atoms with Crippen LogP contribution >= 0.6 is 0 Å². The molecule has 3 aromatic rings. The Hall–Kier alpha value is -2.57. The fourth-order valence-electron chi connectivity index (χ4n) is 6.20. The molecule has 1 aliphatic carbocycles. The van der Waals surface area contributed by atoms with E-state index in [1.165, 1.54) is 10.4 Å². The summed E-state index contributed by atoms with van der Waals surface area (Å²) in [4.78, 5) is 13.1. The van der Waals surface area contributed by atoms with E-state index in [2.05, 4.69) is 100 Å². The first kappa shape index (κ1) is 26.1. The Bertz CT molecular complexity index is 1140. The largest absolute Gasteiger partial charge is 0.407 e. The predicted molar refractivity (Wildman–Crippen MR) is 149 cm³/mol. The van der Waals surface area contributed by atoms with Gasteiger partial charge in [-0.05, 0) is 26.9 Å². The second-order valence-corrected chi connectivity index (χ2v) is 15.9. The standard InChI is InChI=1S/C32H38O4Si/c1-23(28-27(29(33)31-30(28)36-31)22-34-21-24-14-8-5-9-15-24)20-35-37(32(2,3)4,25-16-10-6-11-17-25)26-18-12-7-13-19-26/h5-19,23,27-28,30-31H,20-22H2,1-4H3/t23-,27-,28-,30+,31-/m0/s1. The maximum Gasteiger partial charge on any atom is 0.261 e. The van der Waals surface area contributed by atoms with Crippen molar-refractivity contribution in [3.05, 3.63) is 96.6 Å². The second kappa shape index (κ2) is 10.7. The molecule has 4 nitrogen and oxygen atoms in total.